The maximum Gasteiger partial charge on any atom is 0.0667 e. The van der Waals surface area contributed by atoms with Crippen LogP contribution in [-0.4, -0.2) is 0 Å². The third-order valence-electron chi connectivity index (χ3n) is 2.72. The van der Waals surface area contributed by atoms with E-state index in [1.165, 1.54) is 16.7 Å². The number of thiophene rings is 1. The predicted molar refractivity (Wildman–Crippen MR) is 76.0 cm³/mol. The van der Waals surface area contributed by atoms with Crippen LogP contribution in [0, 0.1) is 13.8 Å². The number of hydrogen-bond donors (Lipinski definition) is 0. The number of halogens is 2. The van der Waals surface area contributed by atoms with Crippen molar-refractivity contribution in [1.82, 2.24) is 0 Å². The van der Waals surface area contributed by atoms with Gasteiger partial charge in [0.1, 0.15) is 0 Å². The Labute approximate surface area is 113 Å². The zero-order chi connectivity index (χ0) is 11.7. The largest absolute Gasteiger partial charge is 0.152 e. The zero-order valence-corrected chi connectivity index (χ0v) is 12.3. The summed E-state index contributed by atoms with van der Waals surface area (Å²) in [5.41, 5.74) is 4.91. The van der Waals surface area contributed by atoms with Crippen molar-refractivity contribution in [3.63, 3.8) is 0 Å². The summed E-state index contributed by atoms with van der Waals surface area (Å²) in [6.45, 7) is 4.20. The third-order valence-corrected chi connectivity index (χ3v) is 4.77. The molecular formula is C13H12BrClS. The molecule has 2 aromatic rings. The molecule has 0 aliphatic carbocycles. The molecule has 16 heavy (non-hydrogen) atoms. The van der Waals surface area contributed by atoms with Crippen LogP contribution in [0.2, 0.25) is 5.02 Å². The highest BCUT2D eigenvalue weighted by Gasteiger charge is 2.15. The van der Waals surface area contributed by atoms with Crippen LogP contribution in [0.25, 0.3) is 0 Å². The monoisotopic (exact) mass is 314 g/mol. The summed E-state index contributed by atoms with van der Waals surface area (Å²) in [4.78, 5) is 0.186. The fourth-order valence-electron chi connectivity index (χ4n) is 1.60. The molecule has 0 aliphatic rings. The number of hydrogen-bond acceptors (Lipinski definition) is 1. The summed E-state index contributed by atoms with van der Waals surface area (Å²) in [6, 6.07) is 6.32. The standard InChI is InChI=1S/C13H12BrClS/c1-8-5-11(12(15)6-9(8)2)13(14)10-3-4-16-7-10/h3-7,13H,1-2H3. The third kappa shape index (κ3) is 2.34. The number of aryl methyl sites for hydroxylation is 2. The molecule has 0 amide bonds. The highest BCUT2D eigenvalue weighted by atomic mass is 79.9. The molecule has 0 N–H and O–H groups in total. The average Bonchev–Trinajstić information content (AvgIpc) is 2.75. The smallest absolute Gasteiger partial charge is 0.0667 e. The Bertz CT molecular complexity index is 491. The van der Waals surface area contributed by atoms with E-state index in [9.17, 15) is 0 Å². The van der Waals surface area contributed by atoms with Crippen LogP contribution in [0.1, 0.15) is 27.1 Å². The summed E-state index contributed by atoms with van der Waals surface area (Å²) in [5.74, 6) is 0. The molecule has 0 fully saturated rings. The molecule has 0 spiro atoms. The Balaban J connectivity index is 2.44. The van der Waals surface area contributed by atoms with Gasteiger partial charge in [-0.05, 0) is 59.0 Å². The van der Waals surface area contributed by atoms with Gasteiger partial charge >= 0.3 is 0 Å². The second kappa shape index (κ2) is 4.91. The van der Waals surface area contributed by atoms with Gasteiger partial charge in [-0.25, -0.2) is 0 Å². The molecule has 0 saturated heterocycles. The van der Waals surface area contributed by atoms with Crippen molar-refractivity contribution in [2.24, 2.45) is 0 Å². The van der Waals surface area contributed by atoms with Gasteiger partial charge in [0.15, 0.2) is 0 Å². The van der Waals surface area contributed by atoms with Crippen molar-refractivity contribution in [3.8, 4) is 0 Å². The van der Waals surface area contributed by atoms with Crippen LogP contribution in [0.4, 0.5) is 0 Å². The van der Waals surface area contributed by atoms with Crippen LogP contribution in [0.5, 0.6) is 0 Å². The maximum absolute atomic E-state index is 6.29. The average molecular weight is 316 g/mol. The Morgan fingerprint density at radius 3 is 2.56 bits per heavy atom. The van der Waals surface area contributed by atoms with E-state index in [4.69, 9.17) is 11.6 Å². The van der Waals surface area contributed by atoms with E-state index in [0.29, 0.717) is 0 Å². The molecule has 0 aliphatic heterocycles. The van der Waals surface area contributed by atoms with E-state index in [1.807, 2.05) is 6.07 Å². The van der Waals surface area contributed by atoms with Crippen molar-refractivity contribution >= 4 is 38.9 Å². The molecule has 0 nitrogen and oxygen atoms in total. The lowest BCUT2D eigenvalue weighted by Gasteiger charge is -2.13. The summed E-state index contributed by atoms with van der Waals surface area (Å²) in [5, 5.41) is 5.06. The van der Waals surface area contributed by atoms with E-state index in [0.717, 1.165) is 10.6 Å². The Morgan fingerprint density at radius 2 is 1.94 bits per heavy atom. The molecule has 3 heteroatoms. The molecule has 2 rings (SSSR count). The number of rotatable bonds is 2. The number of alkyl halides is 1. The van der Waals surface area contributed by atoms with Crippen molar-refractivity contribution in [3.05, 3.63) is 56.2 Å². The van der Waals surface area contributed by atoms with Crippen molar-refractivity contribution in [2.75, 3.05) is 0 Å². The fourth-order valence-corrected chi connectivity index (χ4v) is 3.58. The van der Waals surface area contributed by atoms with Gasteiger partial charge in [-0.3, -0.25) is 0 Å². The van der Waals surface area contributed by atoms with Crippen molar-refractivity contribution in [1.29, 1.82) is 0 Å². The van der Waals surface area contributed by atoms with E-state index in [1.54, 1.807) is 11.3 Å². The molecule has 1 aromatic heterocycles. The highest BCUT2D eigenvalue weighted by Crippen LogP contribution is 2.37. The molecule has 0 saturated carbocycles. The molecule has 84 valence electrons. The first-order valence-electron chi connectivity index (χ1n) is 5.02. The predicted octanol–water partition coefficient (Wildman–Crippen LogP) is 5.50. The van der Waals surface area contributed by atoms with Gasteiger partial charge in [0.2, 0.25) is 0 Å². The number of benzene rings is 1. The topological polar surface area (TPSA) is 0 Å². The molecule has 1 unspecified atom stereocenters. The van der Waals surface area contributed by atoms with Crippen molar-refractivity contribution < 1.29 is 0 Å². The molecule has 0 radical (unpaired) electrons. The second-order valence-corrected chi connectivity index (χ2v) is 5.98. The minimum atomic E-state index is 0.186. The first-order valence-corrected chi connectivity index (χ1v) is 7.26. The highest BCUT2D eigenvalue weighted by molar-refractivity contribution is 9.09. The normalized spacial score (nSPS) is 12.8. The Kier molecular flexibility index (Phi) is 3.73. The van der Waals surface area contributed by atoms with Gasteiger partial charge in [-0.15, -0.1) is 0 Å². The minimum Gasteiger partial charge on any atom is -0.152 e. The fraction of sp³-hybridized carbons (Fsp3) is 0.231. The SMILES string of the molecule is Cc1cc(Cl)c(C(Br)c2ccsc2)cc1C. The summed E-state index contributed by atoms with van der Waals surface area (Å²) in [7, 11) is 0. The van der Waals surface area contributed by atoms with E-state index in [-0.39, 0.29) is 4.83 Å². The Morgan fingerprint density at radius 1 is 1.25 bits per heavy atom. The molecular weight excluding hydrogens is 304 g/mol. The maximum atomic E-state index is 6.29. The van der Waals surface area contributed by atoms with E-state index in [2.05, 4.69) is 52.7 Å². The lowest BCUT2D eigenvalue weighted by atomic mass is 10.0. The first-order chi connectivity index (χ1) is 7.59. The first kappa shape index (κ1) is 12.2. The van der Waals surface area contributed by atoms with Crippen LogP contribution in [0.15, 0.2) is 29.0 Å². The van der Waals surface area contributed by atoms with E-state index >= 15 is 0 Å². The van der Waals surface area contributed by atoms with Crippen molar-refractivity contribution in [2.45, 2.75) is 18.7 Å². The zero-order valence-electron chi connectivity index (χ0n) is 9.13. The summed E-state index contributed by atoms with van der Waals surface area (Å²) >= 11 is 11.7. The summed E-state index contributed by atoms with van der Waals surface area (Å²) < 4.78 is 0. The summed E-state index contributed by atoms with van der Waals surface area (Å²) in [6.07, 6.45) is 0. The molecule has 1 aromatic carbocycles. The minimum absolute atomic E-state index is 0.186. The van der Waals surface area contributed by atoms with Crippen LogP contribution in [-0.2, 0) is 0 Å². The Hall–Kier alpha value is -0.310. The molecule has 1 heterocycles. The van der Waals surface area contributed by atoms with Gasteiger partial charge in [0.25, 0.3) is 0 Å². The molecule has 1 atom stereocenters. The van der Waals surface area contributed by atoms with Gasteiger partial charge in [0.05, 0.1) is 4.83 Å². The quantitative estimate of drug-likeness (QED) is 0.642. The van der Waals surface area contributed by atoms with E-state index < -0.39 is 0 Å². The van der Waals surface area contributed by atoms with Gasteiger partial charge in [-0.1, -0.05) is 33.6 Å². The van der Waals surface area contributed by atoms with Gasteiger partial charge in [-0.2, -0.15) is 11.3 Å². The van der Waals surface area contributed by atoms with Crippen LogP contribution < -0.4 is 0 Å². The van der Waals surface area contributed by atoms with Crippen LogP contribution in [0.3, 0.4) is 0 Å². The lowest BCUT2D eigenvalue weighted by molar-refractivity contribution is 1.17. The second-order valence-electron chi connectivity index (χ2n) is 3.88. The molecule has 0 bridgehead atoms. The lowest BCUT2D eigenvalue weighted by Crippen LogP contribution is -1.94. The van der Waals surface area contributed by atoms with Gasteiger partial charge in [0, 0.05) is 5.02 Å². The van der Waals surface area contributed by atoms with Crippen LogP contribution >= 0.6 is 38.9 Å². The van der Waals surface area contributed by atoms with Gasteiger partial charge < -0.3 is 0 Å².